The molecule has 2 rings (SSSR count). The molecule has 1 amide bonds. The van der Waals surface area contributed by atoms with E-state index in [1.165, 1.54) is 24.4 Å². The summed E-state index contributed by atoms with van der Waals surface area (Å²) >= 11 is 0. The molecule has 0 radical (unpaired) electrons. The van der Waals surface area contributed by atoms with Crippen molar-refractivity contribution in [2.75, 3.05) is 0 Å². The first-order chi connectivity index (χ1) is 10.5. The number of nitrogens with zero attached hydrogens (tertiary/aromatic N) is 2. The van der Waals surface area contributed by atoms with Crippen LogP contribution in [0.15, 0.2) is 41.8 Å². The Balaban J connectivity index is 2.08. The highest BCUT2D eigenvalue weighted by Crippen LogP contribution is 2.09. The van der Waals surface area contributed by atoms with E-state index in [0.29, 0.717) is 0 Å². The second-order valence-electron chi connectivity index (χ2n) is 4.10. The average molecular weight is 305 g/mol. The first-order valence-electron chi connectivity index (χ1n) is 5.95. The lowest BCUT2D eigenvalue weighted by Crippen LogP contribution is -2.19. The molecular formula is C14H9F2N3O3. The van der Waals surface area contributed by atoms with Crippen LogP contribution in [0.25, 0.3) is 0 Å². The summed E-state index contributed by atoms with van der Waals surface area (Å²) in [7, 11) is 0. The lowest BCUT2D eigenvalue weighted by Gasteiger charge is -2.01. The second-order valence-corrected chi connectivity index (χ2v) is 4.10. The van der Waals surface area contributed by atoms with Crippen LogP contribution in [0.5, 0.6) is 0 Å². The van der Waals surface area contributed by atoms with Crippen LogP contribution in [0.2, 0.25) is 0 Å². The highest BCUT2D eigenvalue weighted by atomic mass is 19.1. The summed E-state index contributed by atoms with van der Waals surface area (Å²) in [6.45, 7) is 0. The molecule has 112 valence electrons. The summed E-state index contributed by atoms with van der Waals surface area (Å²) in [6.07, 6.45) is 3.10. The van der Waals surface area contributed by atoms with Gasteiger partial charge in [0.25, 0.3) is 5.91 Å². The molecule has 0 spiro atoms. The van der Waals surface area contributed by atoms with E-state index in [2.05, 4.69) is 10.1 Å². The van der Waals surface area contributed by atoms with Gasteiger partial charge in [-0.05, 0) is 24.3 Å². The van der Waals surface area contributed by atoms with Crippen LogP contribution in [0, 0.1) is 11.6 Å². The van der Waals surface area contributed by atoms with E-state index >= 15 is 0 Å². The quantitative estimate of drug-likeness (QED) is 0.666. The molecule has 0 saturated carbocycles. The number of carbonyl (C=O) groups is 2. The molecule has 2 aromatic rings. The minimum absolute atomic E-state index is 0.0273. The number of rotatable bonds is 4. The zero-order valence-electron chi connectivity index (χ0n) is 11.0. The molecule has 0 fully saturated rings. The molecule has 0 bridgehead atoms. The lowest BCUT2D eigenvalue weighted by molar-refractivity contribution is 0.0696. The first kappa shape index (κ1) is 15.2. The summed E-state index contributed by atoms with van der Waals surface area (Å²) in [6, 6.07) is 4.38. The number of halogens is 2. The van der Waals surface area contributed by atoms with Gasteiger partial charge in [-0.3, -0.25) is 9.78 Å². The van der Waals surface area contributed by atoms with Crippen LogP contribution >= 0.6 is 0 Å². The molecule has 1 heterocycles. The fraction of sp³-hybridized carbons (Fsp3) is 0. The fourth-order valence-corrected chi connectivity index (χ4v) is 1.54. The predicted octanol–water partition coefficient (Wildman–Crippen LogP) is 1.82. The average Bonchev–Trinajstić information content (AvgIpc) is 2.49. The van der Waals surface area contributed by atoms with Gasteiger partial charge >= 0.3 is 5.97 Å². The minimum Gasteiger partial charge on any atom is -0.478 e. The van der Waals surface area contributed by atoms with Gasteiger partial charge in [0.05, 0.1) is 23.5 Å². The van der Waals surface area contributed by atoms with Gasteiger partial charge in [-0.25, -0.2) is 19.0 Å². The maximum Gasteiger partial charge on any atom is 0.335 e. The maximum absolute atomic E-state index is 13.6. The number of nitrogens with one attached hydrogen (secondary N) is 1. The molecule has 0 unspecified atom stereocenters. The Labute approximate surface area is 123 Å². The summed E-state index contributed by atoms with van der Waals surface area (Å²) < 4.78 is 26.9. The maximum atomic E-state index is 13.6. The summed E-state index contributed by atoms with van der Waals surface area (Å²) in [5.41, 5.74) is 1.54. The van der Waals surface area contributed by atoms with E-state index in [-0.39, 0.29) is 16.7 Å². The third kappa shape index (κ3) is 3.48. The van der Waals surface area contributed by atoms with Crippen molar-refractivity contribution in [2.24, 2.45) is 5.10 Å². The van der Waals surface area contributed by atoms with Gasteiger partial charge in [0.2, 0.25) is 0 Å². The van der Waals surface area contributed by atoms with Crippen molar-refractivity contribution in [3.63, 3.8) is 0 Å². The predicted molar refractivity (Wildman–Crippen MR) is 72.6 cm³/mol. The third-order valence-electron chi connectivity index (χ3n) is 2.63. The molecule has 1 aromatic heterocycles. The Morgan fingerprint density at radius 3 is 2.64 bits per heavy atom. The Morgan fingerprint density at radius 1 is 1.23 bits per heavy atom. The van der Waals surface area contributed by atoms with Gasteiger partial charge in [0.15, 0.2) is 5.82 Å². The molecular weight excluding hydrogens is 296 g/mol. The third-order valence-corrected chi connectivity index (χ3v) is 2.63. The van der Waals surface area contributed by atoms with Crippen molar-refractivity contribution in [2.45, 2.75) is 0 Å². The van der Waals surface area contributed by atoms with Crippen molar-refractivity contribution >= 4 is 18.1 Å². The standard InChI is InChI=1S/C14H9F2N3O3/c15-11-5-8(14(21)22)1-2-9(11)6-18-19-13(20)10-3-4-17-7-12(10)16/h1-7H,(H,19,20)(H,21,22)/b18-6+. The number of carboxylic acid groups (broad SMARTS) is 1. The van der Waals surface area contributed by atoms with E-state index in [9.17, 15) is 18.4 Å². The van der Waals surface area contributed by atoms with Crippen LogP contribution in [0.1, 0.15) is 26.3 Å². The van der Waals surface area contributed by atoms with E-state index in [4.69, 9.17) is 5.11 Å². The molecule has 2 N–H and O–H groups in total. The zero-order chi connectivity index (χ0) is 16.1. The number of benzene rings is 1. The van der Waals surface area contributed by atoms with Gasteiger partial charge in [-0.1, -0.05) is 0 Å². The smallest absolute Gasteiger partial charge is 0.335 e. The molecule has 1 aromatic carbocycles. The van der Waals surface area contributed by atoms with Crippen LogP contribution in [-0.4, -0.2) is 28.2 Å². The van der Waals surface area contributed by atoms with Crippen LogP contribution in [0.4, 0.5) is 8.78 Å². The lowest BCUT2D eigenvalue weighted by atomic mass is 10.1. The van der Waals surface area contributed by atoms with E-state index in [1.54, 1.807) is 0 Å². The molecule has 0 atom stereocenters. The fourth-order valence-electron chi connectivity index (χ4n) is 1.54. The van der Waals surface area contributed by atoms with Crippen LogP contribution < -0.4 is 5.43 Å². The number of pyridine rings is 1. The number of hydrogen-bond acceptors (Lipinski definition) is 4. The number of carbonyl (C=O) groups excluding carboxylic acids is 1. The Kier molecular flexibility index (Phi) is 4.52. The number of aromatic carboxylic acids is 1. The zero-order valence-corrected chi connectivity index (χ0v) is 11.0. The molecule has 0 saturated heterocycles. The molecule has 6 nitrogen and oxygen atoms in total. The largest absolute Gasteiger partial charge is 0.478 e. The van der Waals surface area contributed by atoms with Gasteiger partial charge in [0.1, 0.15) is 5.82 Å². The van der Waals surface area contributed by atoms with Gasteiger partial charge in [0, 0.05) is 11.8 Å². The Hall–Kier alpha value is -3.16. The number of amides is 1. The minimum atomic E-state index is -1.26. The topological polar surface area (TPSA) is 91.6 Å². The van der Waals surface area contributed by atoms with Crippen molar-refractivity contribution in [1.82, 2.24) is 10.4 Å². The number of hydrogen-bond donors (Lipinski definition) is 2. The van der Waals surface area contributed by atoms with Crippen molar-refractivity contribution in [1.29, 1.82) is 0 Å². The van der Waals surface area contributed by atoms with Crippen molar-refractivity contribution < 1.29 is 23.5 Å². The monoisotopic (exact) mass is 305 g/mol. The molecule has 8 heteroatoms. The molecule has 0 aliphatic rings. The van der Waals surface area contributed by atoms with E-state index in [0.717, 1.165) is 18.5 Å². The molecule has 0 aliphatic heterocycles. The van der Waals surface area contributed by atoms with Crippen LogP contribution in [0.3, 0.4) is 0 Å². The van der Waals surface area contributed by atoms with Crippen molar-refractivity contribution in [3.05, 3.63) is 65.0 Å². The van der Waals surface area contributed by atoms with E-state index < -0.39 is 23.5 Å². The second kappa shape index (κ2) is 6.53. The highest BCUT2D eigenvalue weighted by Gasteiger charge is 2.10. The van der Waals surface area contributed by atoms with Crippen LogP contribution in [-0.2, 0) is 0 Å². The number of aromatic nitrogens is 1. The Bertz CT molecular complexity index is 763. The molecule has 0 aliphatic carbocycles. The summed E-state index contributed by atoms with van der Waals surface area (Å²) in [5.74, 6) is -3.71. The highest BCUT2D eigenvalue weighted by molar-refractivity contribution is 5.95. The summed E-state index contributed by atoms with van der Waals surface area (Å²) in [5, 5.41) is 12.2. The normalized spacial score (nSPS) is 10.6. The number of carboxylic acids is 1. The van der Waals surface area contributed by atoms with Gasteiger partial charge < -0.3 is 5.11 Å². The van der Waals surface area contributed by atoms with Crippen molar-refractivity contribution in [3.8, 4) is 0 Å². The molecule has 22 heavy (non-hydrogen) atoms. The van der Waals surface area contributed by atoms with E-state index in [1.807, 2.05) is 5.43 Å². The van der Waals surface area contributed by atoms with Gasteiger partial charge in [-0.15, -0.1) is 0 Å². The Morgan fingerprint density at radius 2 is 2.00 bits per heavy atom. The summed E-state index contributed by atoms with van der Waals surface area (Å²) in [4.78, 5) is 25.8. The first-order valence-corrected chi connectivity index (χ1v) is 5.95. The SMILES string of the molecule is O=C(O)c1ccc(/C=N/NC(=O)c2ccncc2F)c(F)c1. The van der Waals surface area contributed by atoms with Gasteiger partial charge in [-0.2, -0.15) is 5.10 Å². The number of hydrazone groups is 1.